The summed E-state index contributed by atoms with van der Waals surface area (Å²) in [6.45, 7) is 5.85. The standard InChI is InChI=1S/C17H21NO2.ClH/c1-2-7-17(8-3-1)9-6-14-19-13-5-4-10-18-11-15-20-16-12-18;/h1-3,6-9H,10-16H2;1H. The van der Waals surface area contributed by atoms with E-state index < -0.39 is 0 Å². The number of rotatable bonds is 5. The van der Waals surface area contributed by atoms with Crippen LogP contribution in [0, 0.1) is 11.8 Å². The number of quaternary nitrogens is 1. The monoisotopic (exact) mass is 307 g/mol. The van der Waals surface area contributed by atoms with Crippen molar-refractivity contribution in [2.75, 3.05) is 46.1 Å². The Balaban J connectivity index is 0.00000220. The average molecular weight is 308 g/mol. The van der Waals surface area contributed by atoms with Gasteiger partial charge in [0.1, 0.15) is 26.2 Å². The molecule has 0 atom stereocenters. The van der Waals surface area contributed by atoms with E-state index in [1.165, 1.54) is 10.5 Å². The van der Waals surface area contributed by atoms with Crippen molar-refractivity contribution in [3.8, 4) is 11.8 Å². The molecule has 0 bridgehead atoms. The Morgan fingerprint density at radius 3 is 2.67 bits per heavy atom. The minimum Gasteiger partial charge on any atom is -1.00 e. The Morgan fingerprint density at radius 2 is 1.90 bits per heavy atom. The van der Waals surface area contributed by atoms with E-state index in [2.05, 4.69) is 30.0 Å². The second kappa shape index (κ2) is 11.4. The molecule has 0 spiro atoms. The van der Waals surface area contributed by atoms with Crippen LogP contribution in [0.4, 0.5) is 0 Å². The summed E-state index contributed by atoms with van der Waals surface area (Å²) in [5.41, 5.74) is 1.19. The van der Waals surface area contributed by atoms with Gasteiger partial charge >= 0.3 is 0 Å². The highest BCUT2D eigenvalue weighted by atomic mass is 35.5. The topological polar surface area (TPSA) is 22.9 Å². The van der Waals surface area contributed by atoms with Gasteiger partial charge in [-0.2, -0.15) is 0 Å². The van der Waals surface area contributed by atoms with Crippen LogP contribution >= 0.6 is 0 Å². The molecule has 1 heterocycles. The molecule has 2 rings (SSSR count). The molecule has 0 saturated carbocycles. The number of ether oxygens (including phenoxy) is 2. The van der Waals surface area contributed by atoms with Crippen LogP contribution in [0.1, 0.15) is 5.56 Å². The zero-order valence-electron chi connectivity index (χ0n) is 12.2. The van der Waals surface area contributed by atoms with Crippen LogP contribution in [0.2, 0.25) is 0 Å². The van der Waals surface area contributed by atoms with Gasteiger partial charge in [0.2, 0.25) is 0 Å². The second-order valence-corrected chi connectivity index (χ2v) is 4.72. The molecule has 1 fully saturated rings. The summed E-state index contributed by atoms with van der Waals surface area (Å²) in [6, 6.07) is 10.2. The van der Waals surface area contributed by atoms with Crippen molar-refractivity contribution in [3.05, 3.63) is 42.0 Å². The molecule has 21 heavy (non-hydrogen) atoms. The molecule has 1 aliphatic rings. The van der Waals surface area contributed by atoms with Gasteiger partial charge in [-0.1, -0.05) is 48.4 Å². The van der Waals surface area contributed by atoms with Crippen molar-refractivity contribution in [3.63, 3.8) is 0 Å². The zero-order valence-corrected chi connectivity index (χ0v) is 12.9. The number of nitrogens with one attached hydrogen (secondary N) is 1. The molecule has 0 unspecified atom stereocenters. The first-order valence-corrected chi connectivity index (χ1v) is 7.11. The van der Waals surface area contributed by atoms with Gasteiger partial charge in [-0.15, -0.1) is 0 Å². The summed E-state index contributed by atoms with van der Waals surface area (Å²) >= 11 is 0. The number of benzene rings is 1. The lowest BCUT2D eigenvalue weighted by Crippen LogP contribution is -3.14. The van der Waals surface area contributed by atoms with Crippen molar-refractivity contribution < 1.29 is 26.8 Å². The third-order valence-corrected chi connectivity index (χ3v) is 3.16. The van der Waals surface area contributed by atoms with E-state index >= 15 is 0 Å². The number of hydrogen-bond donors (Lipinski definition) is 1. The van der Waals surface area contributed by atoms with Crippen molar-refractivity contribution in [2.24, 2.45) is 0 Å². The molecule has 1 aliphatic heterocycles. The van der Waals surface area contributed by atoms with Crippen LogP contribution < -0.4 is 17.3 Å². The Hall–Kier alpha value is -1.31. The molecule has 0 aromatic heterocycles. The summed E-state index contributed by atoms with van der Waals surface area (Å²) in [4.78, 5) is 1.51. The first-order chi connectivity index (χ1) is 9.95. The fourth-order valence-electron chi connectivity index (χ4n) is 2.00. The van der Waals surface area contributed by atoms with Crippen molar-refractivity contribution in [1.29, 1.82) is 0 Å². The Bertz CT molecular complexity index is 459. The predicted molar refractivity (Wildman–Crippen MR) is 80.5 cm³/mol. The van der Waals surface area contributed by atoms with Gasteiger partial charge in [0, 0.05) is 0 Å². The van der Waals surface area contributed by atoms with Gasteiger partial charge in [0.25, 0.3) is 0 Å². The molecule has 114 valence electrons. The van der Waals surface area contributed by atoms with Crippen LogP contribution in [-0.2, 0) is 9.47 Å². The summed E-state index contributed by atoms with van der Waals surface area (Å²) in [6.07, 6.45) is 4.08. The van der Waals surface area contributed by atoms with E-state index in [4.69, 9.17) is 9.47 Å². The summed E-state index contributed by atoms with van der Waals surface area (Å²) in [7, 11) is 0. The lowest BCUT2D eigenvalue weighted by atomic mass is 10.2. The van der Waals surface area contributed by atoms with Crippen molar-refractivity contribution >= 4 is 6.08 Å². The number of morpholine rings is 1. The van der Waals surface area contributed by atoms with E-state index in [-0.39, 0.29) is 12.4 Å². The van der Waals surface area contributed by atoms with Crippen LogP contribution in [-0.4, -0.2) is 46.1 Å². The van der Waals surface area contributed by atoms with Crippen molar-refractivity contribution in [1.82, 2.24) is 0 Å². The summed E-state index contributed by atoms with van der Waals surface area (Å²) in [5.74, 6) is 6.24. The number of halogens is 1. The Kier molecular flexibility index (Phi) is 9.60. The first kappa shape index (κ1) is 17.7. The molecular formula is C17H22ClNO2. The van der Waals surface area contributed by atoms with E-state index in [0.29, 0.717) is 13.2 Å². The quantitative estimate of drug-likeness (QED) is 0.486. The Morgan fingerprint density at radius 1 is 1.14 bits per heavy atom. The molecule has 0 aliphatic carbocycles. The highest BCUT2D eigenvalue weighted by Gasteiger charge is 2.10. The van der Waals surface area contributed by atoms with Crippen LogP contribution in [0.25, 0.3) is 6.08 Å². The van der Waals surface area contributed by atoms with Gasteiger partial charge in [0.15, 0.2) is 0 Å². The molecule has 3 nitrogen and oxygen atoms in total. The Labute approximate surface area is 133 Å². The summed E-state index contributed by atoms with van der Waals surface area (Å²) in [5, 5.41) is 0. The molecule has 0 amide bonds. The first-order valence-electron chi connectivity index (χ1n) is 7.11. The maximum absolute atomic E-state index is 5.45. The number of hydrogen-bond acceptors (Lipinski definition) is 2. The molecule has 1 N–H and O–H groups in total. The fraction of sp³-hybridized carbons (Fsp3) is 0.412. The normalized spacial score (nSPS) is 15.2. The third-order valence-electron chi connectivity index (χ3n) is 3.16. The minimum absolute atomic E-state index is 0. The zero-order chi connectivity index (χ0) is 13.9. The maximum Gasteiger partial charge on any atom is 0.139 e. The van der Waals surface area contributed by atoms with Crippen LogP contribution in [0.15, 0.2) is 36.4 Å². The highest BCUT2D eigenvalue weighted by molar-refractivity contribution is 5.48. The van der Waals surface area contributed by atoms with Gasteiger partial charge in [-0.3, -0.25) is 0 Å². The van der Waals surface area contributed by atoms with Crippen molar-refractivity contribution in [2.45, 2.75) is 0 Å². The average Bonchev–Trinajstić information content (AvgIpc) is 2.52. The van der Waals surface area contributed by atoms with E-state index in [9.17, 15) is 0 Å². The van der Waals surface area contributed by atoms with Gasteiger partial charge in [-0.05, 0) is 11.5 Å². The molecule has 1 aromatic rings. The lowest BCUT2D eigenvalue weighted by Gasteiger charge is -2.21. The third kappa shape index (κ3) is 7.89. The van der Waals surface area contributed by atoms with Crippen LogP contribution in [0.5, 0.6) is 0 Å². The van der Waals surface area contributed by atoms with Crippen LogP contribution in [0.3, 0.4) is 0 Å². The second-order valence-electron chi connectivity index (χ2n) is 4.72. The molecular weight excluding hydrogens is 286 g/mol. The molecule has 0 radical (unpaired) electrons. The highest BCUT2D eigenvalue weighted by Crippen LogP contribution is 2.00. The van der Waals surface area contributed by atoms with Gasteiger partial charge < -0.3 is 26.8 Å². The summed E-state index contributed by atoms with van der Waals surface area (Å²) < 4.78 is 10.8. The largest absolute Gasteiger partial charge is 1.00 e. The molecule has 1 aromatic carbocycles. The maximum atomic E-state index is 5.45. The smallest absolute Gasteiger partial charge is 0.139 e. The predicted octanol–water partition coefficient (Wildman–Crippen LogP) is -2.36. The minimum atomic E-state index is 0. The lowest BCUT2D eigenvalue weighted by molar-refractivity contribution is -0.900. The fourth-order valence-corrected chi connectivity index (χ4v) is 2.00. The van der Waals surface area contributed by atoms with E-state index in [1.54, 1.807) is 0 Å². The molecule has 1 saturated heterocycles. The molecule has 4 heteroatoms. The van der Waals surface area contributed by atoms with Gasteiger partial charge in [0.05, 0.1) is 19.8 Å². The SMILES string of the molecule is C(#CC[NH+]1CCOCC1)COCC=Cc1ccccc1.[Cl-]. The van der Waals surface area contributed by atoms with E-state index in [0.717, 1.165) is 32.8 Å². The van der Waals surface area contributed by atoms with Gasteiger partial charge in [-0.25, -0.2) is 0 Å². The van der Waals surface area contributed by atoms with E-state index in [1.807, 2.05) is 24.3 Å².